The van der Waals surface area contributed by atoms with Gasteiger partial charge in [-0.15, -0.1) is 0 Å². The number of anilines is 2. The maximum Gasteiger partial charge on any atom is 0.229 e. The number of hydrogen-bond donors (Lipinski definition) is 2. The normalized spacial score (nSPS) is 29.2. The Kier molecular flexibility index (Phi) is 4.60. The molecule has 0 spiro atoms. The molecule has 6 nitrogen and oxygen atoms in total. The third-order valence-corrected chi connectivity index (χ3v) is 7.50. The van der Waals surface area contributed by atoms with Crippen LogP contribution in [0.25, 0.3) is 0 Å². The number of carbonyl (C=O) groups is 1. The Hall–Kier alpha value is -2.37. The number of pyridine rings is 1. The Labute approximate surface area is 172 Å². The van der Waals surface area contributed by atoms with Crippen molar-refractivity contribution in [3.05, 3.63) is 35.2 Å². The average molecular weight is 394 g/mol. The lowest BCUT2D eigenvalue weighted by molar-refractivity contribution is -0.142. The van der Waals surface area contributed by atoms with Gasteiger partial charge >= 0.3 is 0 Å². The number of nitrogens with one attached hydrogen (secondary N) is 2. The zero-order valence-electron chi connectivity index (χ0n) is 17.5. The predicted octanol–water partition coefficient (Wildman–Crippen LogP) is 4.87. The second kappa shape index (κ2) is 7.15. The Bertz CT molecular complexity index is 916. The minimum absolute atomic E-state index is 0.269. The maximum absolute atomic E-state index is 13.4. The summed E-state index contributed by atoms with van der Waals surface area (Å²) in [5.41, 5.74) is 3.06. The first-order chi connectivity index (χ1) is 14.1. The van der Waals surface area contributed by atoms with E-state index in [0.717, 1.165) is 48.1 Å². The highest BCUT2D eigenvalue weighted by Crippen LogP contribution is 2.44. The van der Waals surface area contributed by atoms with Gasteiger partial charge in [-0.05, 0) is 43.7 Å². The Balaban J connectivity index is 1.44. The van der Waals surface area contributed by atoms with Crippen LogP contribution in [-0.4, -0.2) is 26.0 Å². The summed E-state index contributed by atoms with van der Waals surface area (Å²) in [7, 11) is 0. The first-order valence-corrected chi connectivity index (χ1v) is 11.1. The topological polar surface area (TPSA) is 73.9 Å². The van der Waals surface area contributed by atoms with E-state index in [4.69, 9.17) is 4.98 Å². The Morgan fingerprint density at radius 3 is 2.93 bits per heavy atom. The van der Waals surface area contributed by atoms with Crippen molar-refractivity contribution in [3.63, 3.8) is 0 Å². The molecule has 3 aliphatic heterocycles. The summed E-state index contributed by atoms with van der Waals surface area (Å²) >= 11 is 0. The highest BCUT2D eigenvalue weighted by molar-refractivity contribution is 5.83. The molecule has 0 saturated heterocycles. The molecule has 6 heteroatoms. The lowest BCUT2D eigenvalue weighted by Crippen LogP contribution is -2.39. The second-order valence-electron chi connectivity index (χ2n) is 9.46. The summed E-state index contributed by atoms with van der Waals surface area (Å²) in [4.78, 5) is 20.3. The number of fused-ring (bicyclic) bond motifs is 5. The minimum atomic E-state index is -0.269. The van der Waals surface area contributed by atoms with E-state index in [9.17, 15) is 4.79 Å². The standard InChI is InChI=1S/C23H31N5O/c1-3-23(2)10-5-4-7-15-11-16(12-15)18-8-6-9-20(24-18)25-21-17-13-28(22(23)29)14-19(17)26-27-21/h6,8-9,15-16H,3-5,7,10-14H2,1-2H3,(H2,24,25,26,27). The van der Waals surface area contributed by atoms with Crippen LogP contribution in [0, 0.1) is 11.3 Å². The molecule has 1 fully saturated rings. The molecule has 1 atom stereocenters. The monoisotopic (exact) mass is 393 g/mol. The van der Waals surface area contributed by atoms with E-state index in [2.05, 4.69) is 41.5 Å². The van der Waals surface area contributed by atoms with E-state index in [-0.39, 0.29) is 11.3 Å². The van der Waals surface area contributed by atoms with Gasteiger partial charge in [0, 0.05) is 22.6 Å². The van der Waals surface area contributed by atoms with E-state index in [1.165, 1.54) is 31.4 Å². The summed E-state index contributed by atoms with van der Waals surface area (Å²) in [6, 6.07) is 6.24. The Morgan fingerprint density at radius 1 is 1.24 bits per heavy atom. The molecule has 1 amide bonds. The van der Waals surface area contributed by atoms with Crippen molar-refractivity contribution in [2.45, 2.75) is 77.8 Å². The summed E-state index contributed by atoms with van der Waals surface area (Å²) < 4.78 is 0. The number of amides is 1. The van der Waals surface area contributed by atoms with Gasteiger partial charge in [-0.25, -0.2) is 4.98 Å². The zero-order valence-corrected chi connectivity index (χ0v) is 17.5. The molecule has 0 aromatic carbocycles. The minimum Gasteiger partial charge on any atom is -0.332 e. The number of carbonyl (C=O) groups excluding carboxylic acids is 1. The molecule has 154 valence electrons. The molecule has 4 aliphatic rings. The number of rotatable bonds is 1. The van der Waals surface area contributed by atoms with Gasteiger partial charge in [-0.1, -0.05) is 39.2 Å². The zero-order chi connectivity index (χ0) is 20.0. The summed E-state index contributed by atoms with van der Waals surface area (Å²) in [5.74, 6) is 3.32. The van der Waals surface area contributed by atoms with Gasteiger partial charge < -0.3 is 10.2 Å². The average Bonchev–Trinajstić information content (AvgIpc) is 3.27. The molecule has 1 saturated carbocycles. The van der Waals surface area contributed by atoms with E-state index >= 15 is 0 Å². The van der Waals surface area contributed by atoms with Crippen molar-refractivity contribution in [2.24, 2.45) is 11.3 Å². The first kappa shape index (κ1) is 18.6. The number of aromatic amines is 1. The van der Waals surface area contributed by atoms with Crippen LogP contribution in [-0.2, 0) is 17.9 Å². The lowest BCUT2D eigenvalue weighted by atomic mass is 9.70. The van der Waals surface area contributed by atoms with Gasteiger partial charge in [0.15, 0.2) is 5.82 Å². The lowest BCUT2D eigenvalue weighted by Gasteiger charge is -2.35. The molecule has 2 aromatic rings. The summed E-state index contributed by atoms with van der Waals surface area (Å²) in [6.07, 6.45) is 8.00. The molecule has 29 heavy (non-hydrogen) atoms. The number of H-pyrrole nitrogens is 1. The van der Waals surface area contributed by atoms with E-state index in [1.807, 2.05) is 11.0 Å². The van der Waals surface area contributed by atoms with Crippen LogP contribution in [0.5, 0.6) is 0 Å². The van der Waals surface area contributed by atoms with Gasteiger partial charge in [0.05, 0.1) is 18.8 Å². The molecule has 2 N–H and O–H groups in total. The SMILES string of the molecule is CCC1(C)CCCCC2CC(C2)c2cccc(n2)Nc2n[nH]c3c2CN(C3)C1=O. The van der Waals surface area contributed by atoms with Gasteiger partial charge in [0.1, 0.15) is 5.82 Å². The molecule has 1 unspecified atom stereocenters. The number of aromatic nitrogens is 3. The smallest absolute Gasteiger partial charge is 0.229 e. The molecule has 6 bridgehead atoms. The van der Waals surface area contributed by atoms with Crippen LogP contribution in [0.1, 0.15) is 81.7 Å². The summed E-state index contributed by atoms with van der Waals surface area (Å²) in [6.45, 7) is 5.55. The number of hydrogen-bond acceptors (Lipinski definition) is 4. The van der Waals surface area contributed by atoms with Gasteiger partial charge in [-0.3, -0.25) is 9.89 Å². The Morgan fingerprint density at radius 2 is 2.10 bits per heavy atom. The van der Waals surface area contributed by atoms with Crippen molar-refractivity contribution in [2.75, 3.05) is 5.32 Å². The van der Waals surface area contributed by atoms with Crippen LogP contribution in [0.2, 0.25) is 0 Å². The summed E-state index contributed by atoms with van der Waals surface area (Å²) in [5, 5.41) is 11.0. The van der Waals surface area contributed by atoms with Crippen molar-refractivity contribution in [1.29, 1.82) is 0 Å². The van der Waals surface area contributed by atoms with Gasteiger partial charge in [0.25, 0.3) is 0 Å². The van der Waals surface area contributed by atoms with Gasteiger partial charge in [0.2, 0.25) is 5.91 Å². The molecule has 5 heterocycles. The first-order valence-electron chi connectivity index (χ1n) is 11.1. The highest BCUT2D eigenvalue weighted by atomic mass is 16.2. The fourth-order valence-corrected chi connectivity index (χ4v) is 5.23. The van der Waals surface area contributed by atoms with Crippen LogP contribution >= 0.6 is 0 Å². The van der Waals surface area contributed by atoms with E-state index < -0.39 is 0 Å². The van der Waals surface area contributed by atoms with Gasteiger partial charge in [-0.2, -0.15) is 5.10 Å². The molecule has 6 rings (SSSR count). The van der Waals surface area contributed by atoms with Crippen LogP contribution in [0.3, 0.4) is 0 Å². The van der Waals surface area contributed by atoms with Crippen molar-refractivity contribution < 1.29 is 4.79 Å². The van der Waals surface area contributed by atoms with Crippen molar-refractivity contribution in [1.82, 2.24) is 20.1 Å². The van der Waals surface area contributed by atoms with E-state index in [1.54, 1.807) is 0 Å². The third-order valence-electron chi connectivity index (χ3n) is 7.50. The quantitative estimate of drug-likeness (QED) is 0.724. The number of nitrogens with zero attached hydrogens (tertiary/aromatic N) is 3. The van der Waals surface area contributed by atoms with Crippen LogP contribution in [0.15, 0.2) is 18.2 Å². The molecule has 1 aliphatic carbocycles. The van der Waals surface area contributed by atoms with Crippen LogP contribution in [0.4, 0.5) is 11.6 Å². The van der Waals surface area contributed by atoms with Crippen LogP contribution < -0.4 is 5.32 Å². The molecular weight excluding hydrogens is 362 g/mol. The molecule has 2 aromatic heterocycles. The molecule has 0 radical (unpaired) electrons. The maximum atomic E-state index is 13.4. The van der Waals surface area contributed by atoms with Crippen molar-refractivity contribution >= 4 is 17.5 Å². The largest absolute Gasteiger partial charge is 0.332 e. The predicted molar refractivity (Wildman–Crippen MR) is 113 cm³/mol. The highest BCUT2D eigenvalue weighted by Gasteiger charge is 2.39. The third kappa shape index (κ3) is 3.32. The van der Waals surface area contributed by atoms with E-state index in [0.29, 0.717) is 19.0 Å². The molecular formula is C23H31N5O. The van der Waals surface area contributed by atoms with Crippen molar-refractivity contribution in [3.8, 4) is 0 Å². The fourth-order valence-electron chi connectivity index (χ4n) is 5.23. The second-order valence-corrected chi connectivity index (χ2v) is 9.46. The fraction of sp³-hybridized carbons (Fsp3) is 0.609.